The smallest absolute Gasteiger partial charge is 0.250 e. The molecule has 1 aromatic heterocycles. The maximum absolute atomic E-state index is 14.0. The molecule has 1 aliphatic rings. The number of nitrogens with zero attached hydrogens (tertiary/aromatic N) is 3. The number of amides is 1. The van der Waals surface area contributed by atoms with Gasteiger partial charge in [-0.2, -0.15) is 5.26 Å². The Hall–Kier alpha value is -4.00. The van der Waals surface area contributed by atoms with E-state index in [1.807, 2.05) is 22.9 Å². The second kappa shape index (κ2) is 9.39. The van der Waals surface area contributed by atoms with Gasteiger partial charge in [-0.3, -0.25) is 4.79 Å². The molecule has 1 aliphatic heterocycles. The maximum atomic E-state index is 14.0. The van der Waals surface area contributed by atoms with Gasteiger partial charge in [0.1, 0.15) is 11.9 Å². The highest BCUT2D eigenvalue weighted by molar-refractivity contribution is 7.89. The summed E-state index contributed by atoms with van der Waals surface area (Å²) in [6, 6.07) is 19.5. The van der Waals surface area contributed by atoms with Gasteiger partial charge in [-0.1, -0.05) is 24.3 Å². The first-order valence-corrected chi connectivity index (χ1v) is 13.7. The summed E-state index contributed by atoms with van der Waals surface area (Å²) in [5, 5.41) is 10.2. The largest absolute Gasteiger partial charge is 0.335 e. The van der Waals surface area contributed by atoms with Gasteiger partial charge < -0.3 is 9.47 Å². The summed E-state index contributed by atoms with van der Waals surface area (Å²) in [5.74, 6) is -0.648. The van der Waals surface area contributed by atoms with Crippen molar-refractivity contribution in [1.82, 2.24) is 9.29 Å². The number of sulfonamides is 1. The number of hydrogen-bond acceptors (Lipinski definition) is 4. The quantitative estimate of drug-likeness (QED) is 0.375. The van der Waals surface area contributed by atoms with Gasteiger partial charge in [-0.05, 0) is 80.6 Å². The van der Waals surface area contributed by atoms with Crippen LogP contribution in [0.3, 0.4) is 0 Å². The molecule has 1 amide bonds. The Labute approximate surface area is 221 Å². The number of fused-ring (bicyclic) bond motifs is 1. The van der Waals surface area contributed by atoms with Gasteiger partial charge in [0, 0.05) is 29.5 Å². The minimum atomic E-state index is -4.02. The van der Waals surface area contributed by atoms with Crippen molar-refractivity contribution in [3.63, 3.8) is 0 Å². The third-order valence-corrected chi connectivity index (χ3v) is 8.31. The van der Waals surface area contributed by atoms with Crippen LogP contribution >= 0.6 is 0 Å². The van der Waals surface area contributed by atoms with Crippen molar-refractivity contribution < 1.29 is 17.6 Å². The lowest BCUT2D eigenvalue weighted by Gasteiger charge is -2.24. The van der Waals surface area contributed by atoms with Crippen LogP contribution in [0, 0.1) is 17.1 Å². The number of nitrogens with one attached hydrogen (secondary N) is 1. The lowest BCUT2D eigenvalue weighted by Crippen LogP contribution is -2.40. The van der Waals surface area contributed by atoms with Gasteiger partial charge in [0.05, 0.1) is 22.0 Å². The van der Waals surface area contributed by atoms with Gasteiger partial charge in [0.2, 0.25) is 15.9 Å². The molecule has 1 N–H and O–H groups in total. The van der Waals surface area contributed by atoms with Crippen LogP contribution in [0.1, 0.15) is 38.8 Å². The van der Waals surface area contributed by atoms with Gasteiger partial charge in [-0.15, -0.1) is 0 Å². The standard InChI is InChI=1S/C29H27FN4O3S/c1-29(2,3)32-38(36,37)27-17-23(9-10-24(27)21-5-4-6-22(30)16-21)33-14-12-25(28(33)35)34-13-11-20-8-7-19(18-31)15-26(20)34/h4-11,13,15-17,25,32H,12,14H2,1-3H3. The van der Waals surface area contributed by atoms with Crippen molar-refractivity contribution in [3.8, 4) is 17.2 Å². The first-order valence-electron chi connectivity index (χ1n) is 12.2. The summed E-state index contributed by atoms with van der Waals surface area (Å²) in [6.07, 6.45) is 2.36. The SMILES string of the molecule is CC(C)(C)NS(=O)(=O)c1cc(N2CCC(n3ccc4ccc(C#N)cc43)C2=O)ccc1-c1cccc(F)c1. The third kappa shape index (κ3) is 4.80. The summed E-state index contributed by atoms with van der Waals surface area (Å²) < 4.78 is 45.6. The average Bonchev–Trinajstić information content (AvgIpc) is 3.44. The molecule has 0 bridgehead atoms. The van der Waals surface area contributed by atoms with Crippen LogP contribution in [0.2, 0.25) is 0 Å². The van der Waals surface area contributed by atoms with E-state index in [4.69, 9.17) is 0 Å². The Morgan fingerprint density at radius 3 is 2.55 bits per heavy atom. The molecule has 3 aromatic carbocycles. The Morgan fingerprint density at radius 2 is 1.84 bits per heavy atom. The Bertz CT molecular complexity index is 1710. The van der Waals surface area contributed by atoms with E-state index in [0.29, 0.717) is 35.3 Å². The number of anilines is 1. The van der Waals surface area contributed by atoms with Gasteiger partial charge in [-0.25, -0.2) is 17.5 Å². The Morgan fingerprint density at radius 1 is 1.05 bits per heavy atom. The van der Waals surface area contributed by atoms with Gasteiger partial charge >= 0.3 is 0 Å². The van der Waals surface area contributed by atoms with Crippen molar-refractivity contribution in [2.75, 3.05) is 11.4 Å². The highest BCUT2D eigenvalue weighted by Gasteiger charge is 2.35. The summed E-state index contributed by atoms with van der Waals surface area (Å²) in [5.41, 5.74) is 1.76. The van der Waals surface area contributed by atoms with E-state index in [9.17, 15) is 22.9 Å². The van der Waals surface area contributed by atoms with Crippen LogP contribution in [0.4, 0.5) is 10.1 Å². The summed E-state index contributed by atoms with van der Waals surface area (Å²) in [6.45, 7) is 5.62. The van der Waals surface area contributed by atoms with Crippen LogP contribution in [0.25, 0.3) is 22.0 Å². The van der Waals surface area contributed by atoms with E-state index in [-0.39, 0.29) is 10.8 Å². The van der Waals surface area contributed by atoms with Crippen LogP contribution in [-0.4, -0.2) is 31.0 Å². The van der Waals surface area contributed by atoms with Crippen molar-refractivity contribution in [1.29, 1.82) is 5.26 Å². The van der Waals surface area contributed by atoms with Crippen LogP contribution in [0.5, 0.6) is 0 Å². The second-order valence-corrected chi connectivity index (χ2v) is 12.1. The van der Waals surface area contributed by atoms with Crippen molar-refractivity contribution in [2.45, 2.75) is 43.7 Å². The Kier molecular flexibility index (Phi) is 6.33. The maximum Gasteiger partial charge on any atom is 0.250 e. The van der Waals surface area contributed by atoms with E-state index in [0.717, 1.165) is 10.9 Å². The highest BCUT2D eigenvalue weighted by atomic mass is 32.2. The fourth-order valence-corrected chi connectivity index (χ4v) is 6.59. The molecule has 7 nitrogen and oxygen atoms in total. The molecule has 5 rings (SSSR count). The molecule has 2 heterocycles. The zero-order valence-corrected chi connectivity index (χ0v) is 22.1. The summed E-state index contributed by atoms with van der Waals surface area (Å²) in [4.78, 5) is 15.2. The molecule has 194 valence electrons. The molecule has 0 radical (unpaired) electrons. The summed E-state index contributed by atoms with van der Waals surface area (Å²) >= 11 is 0. The van der Waals surface area contributed by atoms with Crippen molar-refractivity contribution >= 4 is 32.5 Å². The fourth-order valence-electron chi connectivity index (χ4n) is 4.92. The molecule has 1 fully saturated rings. The first kappa shape index (κ1) is 25.6. The molecular formula is C29H27FN4O3S. The van der Waals surface area contributed by atoms with Gasteiger partial charge in [0.15, 0.2) is 0 Å². The molecule has 0 aliphatic carbocycles. The van der Waals surface area contributed by atoms with Gasteiger partial charge in [0.25, 0.3) is 0 Å². The van der Waals surface area contributed by atoms with Crippen LogP contribution < -0.4 is 9.62 Å². The molecular weight excluding hydrogens is 503 g/mol. The number of halogens is 1. The fraction of sp³-hybridized carbons (Fsp3) is 0.241. The molecule has 1 atom stereocenters. The van der Waals surface area contributed by atoms with Crippen LogP contribution in [-0.2, 0) is 14.8 Å². The number of hydrogen-bond donors (Lipinski definition) is 1. The zero-order chi connectivity index (χ0) is 27.2. The lowest BCUT2D eigenvalue weighted by molar-refractivity contribution is -0.119. The molecule has 38 heavy (non-hydrogen) atoms. The van der Waals surface area contributed by atoms with E-state index < -0.39 is 27.4 Å². The second-order valence-electron chi connectivity index (χ2n) is 10.4. The minimum Gasteiger partial charge on any atom is -0.335 e. The number of nitriles is 1. The molecule has 0 spiro atoms. The first-order chi connectivity index (χ1) is 18.0. The molecule has 4 aromatic rings. The normalized spacial score (nSPS) is 16.2. The predicted molar refractivity (Wildman–Crippen MR) is 145 cm³/mol. The summed E-state index contributed by atoms with van der Waals surface area (Å²) in [7, 11) is -4.02. The third-order valence-electron chi connectivity index (χ3n) is 6.51. The number of carbonyl (C=O) groups excluding carboxylic acids is 1. The number of aromatic nitrogens is 1. The van der Waals surface area contributed by atoms with Crippen LogP contribution in [0.15, 0.2) is 77.8 Å². The van der Waals surface area contributed by atoms with E-state index in [1.54, 1.807) is 56.0 Å². The Balaban J connectivity index is 1.56. The zero-order valence-electron chi connectivity index (χ0n) is 21.3. The lowest BCUT2D eigenvalue weighted by atomic mass is 10.0. The molecule has 1 saturated heterocycles. The number of benzene rings is 3. The van der Waals surface area contributed by atoms with Crippen molar-refractivity contribution in [2.24, 2.45) is 0 Å². The topological polar surface area (TPSA) is 95.2 Å². The molecule has 0 saturated carbocycles. The minimum absolute atomic E-state index is 0.0307. The van der Waals surface area contributed by atoms with E-state index in [2.05, 4.69) is 10.8 Å². The molecule has 9 heteroatoms. The van der Waals surface area contributed by atoms with E-state index >= 15 is 0 Å². The predicted octanol–water partition coefficient (Wildman–Crippen LogP) is 5.37. The molecule has 1 unspecified atom stereocenters. The highest BCUT2D eigenvalue weighted by Crippen LogP contribution is 2.36. The number of rotatable bonds is 5. The van der Waals surface area contributed by atoms with Crippen molar-refractivity contribution in [3.05, 3.63) is 84.3 Å². The monoisotopic (exact) mass is 530 g/mol. The average molecular weight is 531 g/mol. The number of carbonyl (C=O) groups is 1. The van der Waals surface area contributed by atoms with E-state index in [1.165, 1.54) is 24.3 Å².